The van der Waals surface area contributed by atoms with Gasteiger partial charge in [-0.25, -0.2) is 5.01 Å². The van der Waals surface area contributed by atoms with Gasteiger partial charge < -0.3 is 4.74 Å². The van der Waals surface area contributed by atoms with Crippen LogP contribution in [-0.2, 0) is 0 Å². The summed E-state index contributed by atoms with van der Waals surface area (Å²) in [5.41, 5.74) is 4.08. The molecule has 29 heavy (non-hydrogen) atoms. The zero-order chi connectivity index (χ0) is 20.1. The van der Waals surface area contributed by atoms with Gasteiger partial charge in [-0.15, -0.1) is 0 Å². The van der Waals surface area contributed by atoms with Crippen LogP contribution in [0.25, 0.3) is 0 Å². The number of halogens is 4. The topological polar surface area (TPSA) is 24.8 Å². The first-order valence-electron chi connectivity index (χ1n) is 9.02. The number of hydrogen-bond donors (Lipinski definition) is 0. The normalized spacial score (nSPS) is 20.0. The summed E-state index contributed by atoms with van der Waals surface area (Å²) < 4.78 is 8.42. The fourth-order valence-electron chi connectivity index (χ4n) is 3.78. The van der Waals surface area contributed by atoms with Gasteiger partial charge in [0, 0.05) is 31.5 Å². The van der Waals surface area contributed by atoms with E-state index >= 15 is 0 Å². The molecule has 0 bridgehead atoms. The third kappa shape index (κ3) is 3.59. The van der Waals surface area contributed by atoms with Crippen molar-refractivity contribution in [1.82, 2.24) is 5.01 Å². The number of fused-ring (bicyclic) bond motifs is 3. The van der Waals surface area contributed by atoms with Crippen molar-refractivity contribution in [3.63, 3.8) is 0 Å². The van der Waals surface area contributed by atoms with E-state index in [9.17, 15) is 0 Å². The van der Waals surface area contributed by atoms with Crippen molar-refractivity contribution in [2.45, 2.75) is 18.7 Å². The highest BCUT2D eigenvalue weighted by Crippen LogP contribution is 2.50. The van der Waals surface area contributed by atoms with E-state index in [0.717, 1.165) is 37.8 Å². The van der Waals surface area contributed by atoms with E-state index in [2.05, 4.69) is 44.0 Å². The summed E-state index contributed by atoms with van der Waals surface area (Å²) >= 11 is 19.8. The molecule has 0 N–H and O–H groups in total. The molecule has 146 valence electrons. The third-order valence-corrected chi connectivity index (χ3v) is 6.70. The fraction of sp³-hybridized carbons (Fsp3) is 0.136. The molecule has 3 aromatic carbocycles. The first-order chi connectivity index (χ1) is 14.0. The van der Waals surface area contributed by atoms with E-state index in [-0.39, 0.29) is 12.3 Å². The average molecular weight is 553 g/mol. The second kappa shape index (κ2) is 7.62. The van der Waals surface area contributed by atoms with Gasteiger partial charge in [0.25, 0.3) is 0 Å². The predicted octanol–water partition coefficient (Wildman–Crippen LogP) is 7.76. The van der Waals surface area contributed by atoms with E-state index in [1.54, 1.807) is 6.07 Å². The lowest BCUT2D eigenvalue weighted by molar-refractivity contribution is -0.0189. The first-order valence-corrected chi connectivity index (χ1v) is 11.4. The molecular weight excluding hydrogens is 539 g/mol. The van der Waals surface area contributed by atoms with E-state index in [1.165, 1.54) is 0 Å². The van der Waals surface area contributed by atoms with Gasteiger partial charge in [-0.1, -0.05) is 79.3 Å². The lowest BCUT2D eigenvalue weighted by atomic mass is 9.96. The van der Waals surface area contributed by atoms with Crippen LogP contribution in [0.1, 0.15) is 35.4 Å². The molecule has 2 heterocycles. The van der Waals surface area contributed by atoms with Gasteiger partial charge in [-0.05, 0) is 42.0 Å². The smallest absolute Gasteiger partial charge is 0.213 e. The van der Waals surface area contributed by atoms with Gasteiger partial charge in [0.1, 0.15) is 5.75 Å². The van der Waals surface area contributed by atoms with Crippen molar-refractivity contribution in [2.24, 2.45) is 5.10 Å². The molecule has 0 radical (unpaired) electrons. The van der Waals surface area contributed by atoms with Gasteiger partial charge in [-0.2, -0.15) is 5.10 Å². The summed E-state index contributed by atoms with van der Waals surface area (Å²) in [6.07, 6.45) is 0.383. The second-order valence-corrected chi connectivity index (χ2v) is 9.66. The van der Waals surface area contributed by atoms with Crippen molar-refractivity contribution in [2.75, 3.05) is 0 Å². The standard InChI is InChI=1S/C22H14Br2Cl2N2O/c23-14-5-1-12(2-6-14)19-11-20-17-9-16(25)10-18(26)21(17)29-22(28(20)27-19)13-3-7-15(24)8-4-13/h1-10,20,22H,11H2/t20-,22-/m1/s1. The van der Waals surface area contributed by atoms with Crippen LogP contribution in [0.4, 0.5) is 0 Å². The first kappa shape index (κ1) is 19.4. The lowest BCUT2D eigenvalue weighted by Crippen LogP contribution is -2.33. The number of hydrogen-bond acceptors (Lipinski definition) is 3. The number of benzene rings is 3. The summed E-state index contributed by atoms with van der Waals surface area (Å²) in [7, 11) is 0. The summed E-state index contributed by atoms with van der Waals surface area (Å²) in [6, 6.07) is 19.9. The van der Waals surface area contributed by atoms with Crippen LogP contribution in [0, 0.1) is 0 Å². The van der Waals surface area contributed by atoms with Crippen molar-refractivity contribution in [1.29, 1.82) is 0 Å². The number of hydrazone groups is 1. The third-order valence-electron chi connectivity index (χ3n) is 5.14. The summed E-state index contributed by atoms with van der Waals surface area (Å²) in [4.78, 5) is 0. The van der Waals surface area contributed by atoms with Gasteiger partial charge in [0.15, 0.2) is 0 Å². The molecule has 0 spiro atoms. The van der Waals surface area contributed by atoms with Gasteiger partial charge in [0.2, 0.25) is 6.23 Å². The highest BCUT2D eigenvalue weighted by molar-refractivity contribution is 9.10. The summed E-state index contributed by atoms with van der Waals surface area (Å²) in [5.74, 6) is 0.678. The summed E-state index contributed by atoms with van der Waals surface area (Å²) in [5, 5.41) is 8.10. The van der Waals surface area contributed by atoms with Crippen LogP contribution in [0.3, 0.4) is 0 Å². The van der Waals surface area contributed by atoms with Crippen LogP contribution >= 0.6 is 55.1 Å². The predicted molar refractivity (Wildman–Crippen MR) is 124 cm³/mol. The molecule has 3 nitrogen and oxygen atoms in total. The molecule has 0 amide bonds. The second-order valence-electron chi connectivity index (χ2n) is 6.98. The van der Waals surface area contributed by atoms with Crippen LogP contribution in [0.15, 0.2) is 74.7 Å². The van der Waals surface area contributed by atoms with Crippen molar-refractivity contribution >= 4 is 60.8 Å². The van der Waals surface area contributed by atoms with Crippen LogP contribution in [0.5, 0.6) is 5.75 Å². The quantitative estimate of drug-likeness (QED) is 0.324. The molecule has 2 atom stereocenters. The van der Waals surface area contributed by atoms with Crippen LogP contribution in [0.2, 0.25) is 10.0 Å². The molecule has 0 fully saturated rings. The Balaban J connectivity index is 1.62. The summed E-state index contributed by atoms with van der Waals surface area (Å²) in [6.45, 7) is 0. The Morgan fingerprint density at radius 3 is 2.28 bits per heavy atom. The van der Waals surface area contributed by atoms with E-state index in [1.807, 2.05) is 47.5 Å². The van der Waals surface area contributed by atoms with Crippen molar-refractivity contribution < 1.29 is 4.74 Å². The molecule has 3 aromatic rings. The lowest BCUT2D eigenvalue weighted by Gasteiger charge is -2.38. The maximum atomic E-state index is 6.51. The van der Waals surface area contributed by atoms with E-state index in [0.29, 0.717) is 15.8 Å². The van der Waals surface area contributed by atoms with Crippen molar-refractivity contribution in [3.05, 3.63) is 96.3 Å². The Morgan fingerprint density at radius 2 is 1.59 bits per heavy atom. The molecular formula is C22H14Br2Cl2N2O. The Morgan fingerprint density at radius 1 is 0.931 bits per heavy atom. The van der Waals surface area contributed by atoms with E-state index in [4.69, 9.17) is 33.0 Å². The highest BCUT2D eigenvalue weighted by atomic mass is 79.9. The maximum absolute atomic E-state index is 6.51. The average Bonchev–Trinajstić information content (AvgIpc) is 3.14. The fourth-order valence-corrected chi connectivity index (χ4v) is 4.86. The Hall–Kier alpha value is -1.53. The molecule has 2 aliphatic rings. The number of rotatable bonds is 2. The minimum absolute atomic E-state index is 0.00208. The zero-order valence-corrected chi connectivity index (χ0v) is 19.6. The van der Waals surface area contributed by atoms with Gasteiger partial charge in [-0.3, -0.25) is 0 Å². The molecule has 0 saturated heterocycles. The number of ether oxygens (including phenoxy) is 1. The zero-order valence-electron chi connectivity index (χ0n) is 14.9. The largest absolute Gasteiger partial charge is 0.463 e. The molecule has 7 heteroatoms. The minimum Gasteiger partial charge on any atom is -0.463 e. The van der Waals surface area contributed by atoms with Gasteiger partial charge in [0.05, 0.1) is 16.8 Å². The molecule has 5 rings (SSSR count). The number of nitrogens with zero attached hydrogens (tertiary/aromatic N) is 2. The molecule has 0 unspecified atom stereocenters. The van der Waals surface area contributed by atoms with Crippen molar-refractivity contribution in [3.8, 4) is 5.75 Å². The highest BCUT2D eigenvalue weighted by Gasteiger charge is 2.42. The van der Waals surface area contributed by atoms with Crippen LogP contribution in [-0.4, -0.2) is 10.7 Å². The van der Waals surface area contributed by atoms with Gasteiger partial charge >= 0.3 is 0 Å². The Labute approximate surface area is 195 Å². The van der Waals surface area contributed by atoms with Crippen LogP contribution < -0.4 is 4.74 Å². The minimum atomic E-state index is -0.368. The Bertz CT molecular complexity index is 1120. The molecule has 0 saturated carbocycles. The molecule has 0 aliphatic carbocycles. The SMILES string of the molecule is Clc1cc(Cl)c2c(c1)[C@H]1CC(c3ccc(Br)cc3)=NN1[C@@H](c1ccc(Br)cc1)O2. The maximum Gasteiger partial charge on any atom is 0.213 e. The molecule has 0 aromatic heterocycles. The Kier molecular flexibility index (Phi) is 5.11. The monoisotopic (exact) mass is 550 g/mol. The van der Waals surface area contributed by atoms with E-state index < -0.39 is 0 Å². The molecule has 2 aliphatic heterocycles.